The first-order valence-corrected chi connectivity index (χ1v) is 4.90. The highest BCUT2D eigenvalue weighted by Crippen LogP contribution is 2.41. The highest BCUT2D eigenvalue weighted by Gasteiger charge is 2.18. The van der Waals surface area contributed by atoms with Crippen molar-refractivity contribution in [3.8, 4) is 11.5 Å². The SMILES string of the molecule is Brc1ccc(I)c2c1OCO2. The Morgan fingerprint density at radius 2 is 2.00 bits per heavy atom. The van der Waals surface area contributed by atoms with Crippen LogP contribution in [0.25, 0.3) is 0 Å². The molecule has 0 N–H and O–H groups in total. The van der Waals surface area contributed by atoms with Crippen molar-refractivity contribution < 1.29 is 9.47 Å². The number of fused-ring (bicyclic) bond motifs is 1. The van der Waals surface area contributed by atoms with Gasteiger partial charge in [0.05, 0.1) is 8.04 Å². The van der Waals surface area contributed by atoms with E-state index in [0.29, 0.717) is 6.79 Å². The van der Waals surface area contributed by atoms with Crippen molar-refractivity contribution in [1.82, 2.24) is 0 Å². The smallest absolute Gasteiger partial charge is 0.231 e. The van der Waals surface area contributed by atoms with Crippen LogP contribution in [0.5, 0.6) is 11.5 Å². The van der Waals surface area contributed by atoms with Crippen LogP contribution in [0.4, 0.5) is 0 Å². The third-order valence-electron chi connectivity index (χ3n) is 1.42. The third kappa shape index (κ3) is 1.22. The molecule has 4 heteroatoms. The lowest BCUT2D eigenvalue weighted by Gasteiger charge is -1.99. The van der Waals surface area contributed by atoms with Crippen LogP contribution in [0.1, 0.15) is 0 Å². The molecule has 0 saturated carbocycles. The van der Waals surface area contributed by atoms with E-state index in [4.69, 9.17) is 9.47 Å². The van der Waals surface area contributed by atoms with Gasteiger partial charge in [0.25, 0.3) is 0 Å². The van der Waals surface area contributed by atoms with Gasteiger partial charge in [0, 0.05) is 0 Å². The zero-order valence-electron chi connectivity index (χ0n) is 5.43. The first-order valence-electron chi connectivity index (χ1n) is 3.02. The number of hydrogen-bond acceptors (Lipinski definition) is 2. The second-order valence-corrected chi connectivity index (χ2v) is 4.11. The van der Waals surface area contributed by atoms with Gasteiger partial charge in [0.2, 0.25) is 6.79 Å². The highest BCUT2D eigenvalue weighted by molar-refractivity contribution is 14.1. The van der Waals surface area contributed by atoms with Crippen molar-refractivity contribution in [2.75, 3.05) is 6.79 Å². The van der Waals surface area contributed by atoms with E-state index in [-0.39, 0.29) is 0 Å². The summed E-state index contributed by atoms with van der Waals surface area (Å²) in [5, 5.41) is 0. The molecule has 1 aromatic rings. The van der Waals surface area contributed by atoms with Crippen molar-refractivity contribution >= 4 is 38.5 Å². The van der Waals surface area contributed by atoms with Gasteiger partial charge in [0.15, 0.2) is 11.5 Å². The van der Waals surface area contributed by atoms with Crippen molar-refractivity contribution in [2.45, 2.75) is 0 Å². The van der Waals surface area contributed by atoms with Gasteiger partial charge >= 0.3 is 0 Å². The molecule has 0 saturated heterocycles. The Morgan fingerprint density at radius 1 is 1.27 bits per heavy atom. The summed E-state index contributed by atoms with van der Waals surface area (Å²) in [7, 11) is 0. The molecule has 1 aliphatic heterocycles. The van der Waals surface area contributed by atoms with Crippen LogP contribution in [0.3, 0.4) is 0 Å². The fourth-order valence-electron chi connectivity index (χ4n) is 0.931. The minimum Gasteiger partial charge on any atom is -0.452 e. The maximum absolute atomic E-state index is 5.25. The van der Waals surface area contributed by atoms with Gasteiger partial charge in [-0.2, -0.15) is 0 Å². The van der Waals surface area contributed by atoms with Crippen molar-refractivity contribution in [2.24, 2.45) is 0 Å². The molecule has 1 aromatic carbocycles. The number of benzene rings is 1. The Morgan fingerprint density at radius 3 is 2.73 bits per heavy atom. The van der Waals surface area contributed by atoms with E-state index in [1.807, 2.05) is 12.1 Å². The summed E-state index contributed by atoms with van der Waals surface area (Å²) in [5.41, 5.74) is 0. The van der Waals surface area contributed by atoms with E-state index in [9.17, 15) is 0 Å². The summed E-state index contributed by atoms with van der Waals surface area (Å²) in [6.07, 6.45) is 0. The van der Waals surface area contributed by atoms with E-state index >= 15 is 0 Å². The zero-order chi connectivity index (χ0) is 7.84. The molecule has 0 fully saturated rings. The number of hydrogen-bond donors (Lipinski definition) is 0. The minimum absolute atomic E-state index is 0.327. The lowest BCUT2D eigenvalue weighted by atomic mass is 10.3. The molecule has 0 aromatic heterocycles. The van der Waals surface area contributed by atoms with Crippen molar-refractivity contribution in [3.63, 3.8) is 0 Å². The van der Waals surface area contributed by atoms with Crippen LogP contribution in [0.2, 0.25) is 0 Å². The monoisotopic (exact) mass is 326 g/mol. The highest BCUT2D eigenvalue weighted by atomic mass is 127. The molecule has 1 heterocycles. The van der Waals surface area contributed by atoms with E-state index in [1.54, 1.807) is 0 Å². The largest absolute Gasteiger partial charge is 0.452 e. The lowest BCUT2D eigenvalue weighted by Crippen LogP contribution is -1.93. The summed E-state index contributed by atoms with van der Waals surface area (Å²) < 4.78 is 12.5. The average Bonchev–Trinajstić information content (AvgIpc) is 2.45. The molecule has 2 rings (SSSR count). The predicted molar refractivity (Wildman–Crippen MR) is 53.0 cm³/mol. The predicted octanol–water partition coefficient (Wildman–Crippen LogP) is 2.78. The van der Waals surface area contributed by atoms with Gasteiger partial charge in [-0.15, -0.1) is 0 Å². The van der Waals surface area contributed by atoms with Crippen LogP contribution < -0.4 is 9.47 Å². The van der Waals surface area contributed by atoms with Gasteiger partial charge in [-0.25, -0.2) is 0 Å². The first-order chi connectivity index (χ1) is 5.29. The lowest BCUT2D eigenvalue weighted by molar-refractivity contribution is 0.173. The van der Waals surface area contributed by atoms with Crippen LogP contribution >= 0.6 is 38.5 Å². The Hall–Kier alpha value is 0.0300. The van der Waals surface area contributed by atoms with E-state index < -0.39 is 0 Å². The maximum Gasteiger partial charge on any atom is 0.231 e. The van der Waals surface area contributed by atoms with Crippen molar-refractivity contribution in [1.29, 1.82) is 0 Å². The maximum atomic E-state index is 5.25. The van der Waals surface area contributed by atoms with Gasteiger partial charge < -0.3 is 9.47 Å². The Labute approximate surface area is 86.1 Å². The molecule has 0 radical (unpaired) electrons. The molecule has 0 amide bonds. The zero-order valence-corrected chi connectivity index (χ0v) is 9.18. The average molecular weight is 327 g/mol. The molecule has 0 unspecified atom stereocenters. The van der Waals surface area contributed by atoms with Crippen LogP contribution in [-0.2, 0) is 0 Å². The van der Waals surface area contributed by atoms with E-state index in [0.717, 1.165) is 19.5 Å². The number of halogens is 2. The van der Waals surface area contributed by atoms with Crippen LogP contribution in [-0.4, -0.2) is 6.79 Å². The standard InChI is InChI=1S/C7H4BrIO2/c8-4-1-2-5(9)7-6(4)10-3-11-7/h1-2H,3H2. The van der Waals surface area contributed by atoms with Gasteiger partial charge in [-0.1, -0.05) is 0 Å². The molecular weight excluding hydrogens is 323 g/mol. The normalized spacial score (nSPS) is 13.6. The van der Waals surface area contributed by atoms with Crippen molar-refractivity contribution in [3.05, 3.63) is 20.2 Å². The third-order valence-corrected chi connectivity index (χ3v) is 2.90. The molecule has 11 heavy (non-hydrogen) atoms. The number of rotatable bonds is 0. The van der Waals surface area contributed by atoms with Gasteiger partial charge in [-0.3, -0.25) is 0 Å². The molecule has 0 bridgehead atoms. The van der Waals surface area contributed by atoms with E-state index in [2.05, 4.69) is 38.5 Å². The Kier molecular flexibility index (Phi) is 1.97. The fraction of sp³-hybridized carbons (Fsp3) is 0.143. The topological polar surface area (TPSA) is 18.5 Å². The summed E-state index contributed by atoms with van der Waals surface area (Å²) in [6, 6.07) is 3.94. The summed E-state index contributed by atoms with van der Waals surface area (Å²) >= 11 is 5.59. The summed E-state index contributed by atoms with van der Waals surface area (Å²) in [5.74, 6) is 1.66. The van der Waals surface area contributed by atoms with Gasteiger partial charge in [0.1, 0.15) is 0 Å². The first kappa shape index (κ1) is 7.67. The quantitative estimate of drug-likeness (QED) is 0.683. The second-order valence-electron chi connectivity index (χ2n) is 2.09. The molecule has 0 atom stereocenters. The Balaban J connectivity index is 2.64. The van der Waals surface area contributed by atoms with Gasteiger partial charge in [-0.05, 0) is 50.7 Å². The molecule has 2 nitrogen and oxygen atoms in total. The molecular formula is C7H4BrIO2. The molecule has 1 aliphatic rings. The second kappa shape index (κ2) is 2.82. The van der Waals surface area contributed by atoms with Crippen LogP contribution in [0, 0.1) is 3.57 Å². The summed E-state index contributed by atoms with van der Waals surface area (Å²) in [4.78, 5) is 0. The molecule has 0 spiro atoms. The Bertz CT molecular complexity index is 272. The number of ether oxygens (including phenoxy) is 2. The molecule has 0 aliphatic carbocycles. The molecule has 58 valence electrons. The summed E-state index contributed by atoms with van der Waals surface area (Å²) in [6.45, 7) is 0.327. The van der Waals surface area contributed by atoms with Crippen LogP contribution in [0.15, 0.2) is 16.6 Å². The van der Waals surface area contributed by atoms with E-state index in [1.165, 1.54) is 0 Å². The minimum atomic E-state index is 0.327. The fourth-order valence-corrected chi connectivity index (χ4v) is 1.94.